The normalized spacial score (nSPS) is 14.2. The topological polar surface area (TPSA) is 237 Å². The monoisotopic (exact) mass is 1450 g/mol. The molecule has 0 saturated carbocycles. The lowest BCUT2D eigenvalue weighted by molar-refractivity contribution is -0.161. The minimum atomic E-state index is -4.96. The fourth-order valence-electron chi connectivity index (χ4n) is 12.3. The van der Waals surface area contributed by atoms with Gasteiger partial charge in [0.15, 0.2) is 12.2 Å². The van der Waals surface area contributed by atoms with Crippen molar-refractivity contribution in [3.63, 3.8) is 0 Å². The van der Waals surface area contributed by atoms with Crippen LogP contribution in [0.3, 0.4) is 0 Å². The lowest BCUT2D eigenvalue weighted by Crippen LogP contribution is -2.30. The second kappa shape index (κ2) is 71.7. The summed E-state index contributed by atoms with van der Waals surface area (Å²) in [5.41, 5.74) is 0. The van der Waals surface area contributed by atoms with E-state index < -0.39 is 97.5 Å². The number of carbonyl (C=O) groups is 4. The molecule has 0 aliphatic heterocycles. The van der Waals surface area contributed by atoms with Crippen LogP contribution in [0.2, 0.25) is 0 Å². The first kappa shape index (κ1) is 97.1. The number of phosphoric ester groups is 2. The molecule has 0 bridgehead atoms. The molecule has 19 heteroatoms. The van der Waals surface area contributed by atoms with Crippen molar-refractivity contribution >= 4 is 39.5 Å². The minimum absolute atomic E-state index is 0.107. The summed E-state index contributed by atoms with van der Waals surface area (Å²) in [6.07, 6.45) is 61.1. The van der Waals surface area contributed by atoms with Gasteiger partial charge in [-0.1, -0.05) is 369 Å². The third-order valence-corrected chi connectivity index (χ3v) is 21.0. The molecule has 0 saturated heterocycles. The Hall–Kier alpha value is -1.94. The summed E-state index contributed by atoms with van der Waals surface area (Å²) >= 11 is 0. The molecule has 0 heterocycles. The average Bonchev–Trinajstić information content (AvgIpc) is 0.987. The predicted molar refractivity (Wildman–Crippen MR) is 405 cm³/mol. The average molecular weight is 1450 g/mol. The van der Waals surface area contributed by atoms with Gasteiger partial charge >= 0.3 is 39.5 Å². The van der Waals surface area contributed by atoms with Crippen LogP contribution in [0.25, 0.3) is 0 Å². The molecule has 588 valence electrons. The first-order valence-corrected chi connectivity index (χ1v) is 44.5. The third kappa shape index (κ3) is 72.8. The number of hydrogen-bond acceptors (Lipinski definition) is 15. The van der Waals surface area contributed by atoms with E-state index in [4.69, 9.17) is 37.0 Å². The van der Waals surface area contributed by atoms with Crippen LogP contribution in [0.1, 0.15) is 420 Å². The van der Waals surface area contributed by atoms with Crippen molar-refractivity contribution in [2.24, 2.45) is 11.8 Å². The van der Waals surface area contributed by atoms with Gasteiger partial charge in [-0.3, -0.25) is 37.3 Å². The zero-order valence-electron chi connectivity index (χ0n) is 64.8. The van der Waals surface area contributed by atoms with E-state index in [-0.39, 0.29) is 25.7 Å². The van der Waals surface area contributed by atoms with E-state index in [1.165, 1.54) is 231 Å². The molecule has 0 aromatic heterocycles. The van der Waals surface area contributed by atoms with E-state index in [1.807, 2.05) is 0 Å². The molecular formula is C80H156O17P2. The zero-order valence-corrected chi connectivity index (χ0v) is 66.6. The van der Waals surface area contributed by atoms with Crippen molar-refractivity contribution in [3.05, 3.63) is 0 Å². The van der Waals surface area contributed by atoms with Crippen LogP contribution >= 0.6 is 15.6 Å². The molecule has 3 N–H and O–H groups in total. The number of unbranched alkanes of at least 4 members (excludes halogenated alkanes) is 48. The largest absolute Gasteiger partial charge is 0.472 e. The van der Waals surface area contributed by atoms with Crippen LogP contribution in [-0.4, -0.2) is 96.7 Å². The van der Waals surface area contributed by atoms with Crippen molar-refractivity contribution in [2.75, 3.05) is 39.6 Å². The second-order valence-electron chi connectivity index (χ2n) is 29.5. The van der Waals surface area contributed by atoms with Crippen LogP contribution in [0.15, 0.2) is 0 Å². The Morgan fingerprint density at radius 3 is 0.768 bits per heavy atom. The Morgan fingerprint density at radius 2 is 0.515 bits per heavy atom. The summed E-state index contributed by atoms with van der Waals surface area (Å²) in [5, 5.41) is 10.6. The van der Waals surface area contributed by atoms with Crippen molar-refractivity contribution in [2.45, 2.75) is 439 Å². The number of phosphoric acid groups is 2. The number of rotatable bonds is 79. The van der Waals surface area contributed by atoms with Gasteiger partial charge in [-0.25, -0.2) is 9.13 Å². The van der Waals surface area contributed by atoms with Gasteiger partial charge < -0.3 is 33.8 Å². The molecule has 0 aliphatic rings. The molecule has 0 aliphatic carbocycles. The summed E-state index contributed by atoms with van der Waals surface area (Å²) in [4.78, 5) is 72.9. The molecule has 0 amide bonds. The molecular weight excluding hydrogens is 1290 g/mol. The van der Waals surface area contributed by atoms with Crippen LogP contribution in [0, 0.1) is 11.8 Å². The van der Waals surface area contributed by atoms with Crippen molar-refractivity contribution < 1.29 is 80.2 Å². The highest BCUT2D eigenvalue weighted by atomic mass is 31.2. The number of hydrogen-bond donors (Lipinski definition) is 3. The first-order chi connectivity index (χ1) is 47.9. The summed E-state index contributed by atoms with van der Waals surface area (Å²) in [7, 11) is -9.92. The van der Waals surface area contributed by atoms with Gasteiger partial charge in [0.25, 0.3) is 0 Å². The molecule has 3 unspecified atom stereocenters. The highest BCUT2D eigenvalue weighted by Gasteiger charge is 2.30. The van der Waals surface area contributed by atoms with E-state index in [2.05, 4.69) is 41.5 Å². The Labute approximate surface area is 607 Å². The maximum absolute atomic E-state index is 13.1. The highest BCUT2D eigenvalue weighted by molar-refractivity contribution is 7.47. The standard InChI is InChI=1S/C80H156O17P2/c1-7-10-12-14-16-18-20-22-31-35-39-43-50-56-62-77(82)90-68-75(96-79(84)65-59-53-45-41-37-33-29-27-25-24-26-28-30-34-38-42-49-55-61-73(6)9-3)70-94-98(86,87)92-66-74(81)67-93-99(88,89)95-71-76(69-91-78(83)63-57-51-47-46-48-54-60-72(4)5)97-80(85)64-58-52-44-40-36-32-23-21-19-17-15-13-11-8-2/h72-76,81H,7-71H2,1-6H3,(H,86,87)(H,88,89)/t73?,74-,75-,76-/m1/s1. The first-order valence-electron chi connectivity index (χ1n) is 41.5. The minimum Gasteiger partial charge on any atom is -0.462 e. The quantitative estimate of drug-likeness (QED) is 0.0222. The molecule has 0 fully saturated rings. The van der Waals surface area contributed by atoms with E-state index >= 15 is 0 Å². The second-order valence-corrected chi connectivity index (χ2v) is 32.4. The molecule has 0 spiro atoms. The number of aliphatic hydroxyl groups excluding tert-OH is 1. The lowest BCUT2D eigenvalue weighted by Gasteiger charge is -2.21. The number of aliphatic hydroxyl groups is 1. The van der Waals surface area contributed by atoms with Crippen molar-refractivity contribution in [1.82, 2.24) is 0 Å². The Bertz CT molecular complexity index is 1910. The summed E-state index contributed by atoms with van der Waals surface area (Å²) < 4.78 is 68.6. The molecule has 0 radical (unpaired) electrons. The maximum Gasteiger partial charge on any atom is 0.472 e. The zero-order chi connectivity index (χ0) is 72.8. The van der Waals surface area contributed by atoms with Gasteiger partial charge in [0.05, 0.1) is 26.4 Å². The van der Waals surface area contributed by atoms with E-state index in [9.17, 15) is 43.2 Å². The molecule has 0 rings (SSSR count). The fraction of sp³-hybridized carbons (Fsp3) is 0.950. The number of ether oxygens (including phenoxy) is 4. The van der Waals surface area contributed by atoms with E-state index in [1.54, 1.807) is 0 Å². The van der Waals surface area contributed by atoms with E-state index in [0.29, 0.717) is 31.6 Å². The van der Waals surface area contributed by atoms with Gasteiger partial charge in [0.2, 0.25) is 0 Å². The Balaban J connectivity index is 5.19. The van der Waals surface area contributed by atoms with Gasteiger partial charge in [-0.15, -0.1) is 0 Å². The molecule has 0 aromatic carbocycles. The van der Waals surface area contributed by atoms with Crippen LogP contribution in [0.4, 0.5) is 0 Å². The summed E-state index contributed by atoms with van der Waals surface area (Å²) in [6.45, 7) is 9.61. The summed E-state index contributed by atoms with van der Waals surface area (Å²) in [5.74, 6) is -0.560. The van der Waals surface area contributed by atoms with Crippen LogP contribution < -0.4 is 0 Å². The molecule has 0 aromatic rings. The Kier molecular flexibility index (Phi) is 70.3. The van der Waals surface area contributed by atoms with Crippen molar-refractivity contribution in [3.8, 4) is 0 Å². The van der Waals surface area contributed by atoms with E-state index in [0.717, 1.165) is 102 Å². The lowest BCUT2D eigenvalue weighted by atomic mass is 9.99. The molecule has 6 atom stereocenters. The maximum atomic E-state index is 13.1. The highest BCUT2D eigenvalue weighted by Crippen LogP contribution is 2.45. The van der Waals surface area contributed by atoms with Gasteiger partial charge in [0.1, 0.15) is 19.3 Å². The smallest absolute Gasteiger partial charge is 0.462 e. The number of esters is 4. The molecule has 17 nitrogen and oxygen atoms in total. The molecule has 99 heavy (non-hydrogen) atoms. The van der Waals surface area contributed by atoms with Gasteiger partial charge in [0, 0.05) is 25.7 Å². The van der Waals surface area contributed by atoms with Gasteiger partial charge in [-0.05, 0) is 37.5 Å². The number of carbonyl (C=O) groups excluding carboxylic acids is 4. The third-order valence-electron chi connectivity index (χ3n) is 19.1. The van der Waals surface area contributed by atoms with Crippen LogP contribution in [0.5, 0.6) is 0 Å². The Morgan fingerprint density at radius 1 is 0.293 bits per heavy atom. The van der Waals surface area contributed by atoms with Gasteiger partial charge in [-0.2, -0.15) is 0 Å². The van der Waals surface area contributed by atoms with Crippen LogP contribution in [-0.2, 0) is 65.4 Å². The fourth-order valence-corrected chi connectivity index (χ4v) is 13.9. The predicted octanol–water partition coefficient (Wildman–Crippen LogP) is 23.9. The summed E-state index contributed by atoms with van der Waals surface area (Å²) in [6, 6.07) is 0. The SMILES string of the molecule is CCCCCCCCCCCCCCCCC(=O)OC[C@H](COP(=O)(O)OC[C@@H](O)COP(=O)(O)OC[C@@H](COC(=O)CCCCCCCCC(C)C)OC(=O)CCCCCCCCCCCCCCCC)OC(=O)CCCCCCCCCCCCCCCCCCCCC(C)CC. The van der Waals surface area contributed by atoms with Crippen molar-refractivity contribution in [1.29, 1.82) is 0 Å².